The zero-order valence-electron chi connectivity index (χ0n) is 12.3. The summed E-state index contributed by atoms with van der Waals surface area (Å²) in [6, 6.07) is 0. The number of rotatable bonds is 6. The Bertz CT molecular complexity index is 316. The molecule has 118 valence electrons. The van der Waals surface area contributed by atoms with Gasteiger partial charge in [0.15, 0.2) is 0 Å². The van der Waals surface area contributed by atoms with E-state index in [9.17, 15) is 4.79 Å². The molecule has 0 unspecified atom stereocenters. The molecule has 0 aromatic carbocycles. The lowest BCUT2D eigenvalue weighted by Crippen LogP contribution is -2.58. The number of hydrogen-bond donors (Lipinski definition) is 2. The summed E-state index contributed by atoms with van der Waals surface area (Å²) >= 11 is 0. The van der Waals surface area contributed by atoms with Gasteiger partial charge in [0.05, 0.1) is 5.54 Å². The summed E-state index contributed by atoms with van der Waals surface area (Å²) in [4.78, 5) is 12.3. The minimum absolute atomic E-state index is 0. The topological polar surface area (TPSA) is 73.6 Å². The summed E-state index contributed by atoms with van der Waals surface area (Å²) in [6.07, 6.45) is 5.86. The van der Waals surface area contributed by atoms with Gasteiger partial charge in [-0.2, -0.15) is 0 Å². The minimum Gasteiger partial charge on any atom is -0.385 e. The maximum Gasteiger partial charge on any atom is 0.240 e. The fourth-order valence-electron chi connectivity index (χ4n) is 2.92. The zero-order chi connectivity index (χ0) is 13.8. The van der Waals surface area contributed by atoms with Gasteiger partial charge < -0.3 is 20.5 Å². The second-order valence-electron chi connectivity index (χ2n) is 6.05. The fraction of sp³-hybridized carbons (Fsp3) is 0.929. The van der Waals surface area contributed by atoms with Crippen LogP contribution in [0.4, 0.5) is 0 Å². The summed E-state index contributed by atoms with van der Waals surface area (Å²) in [5.74, 6) is -0.0144. The molecule has 0 atom stereocenters. The van der Waals surface area contributed by atoms with E-state index in [2.05, 4.69) is 5.32 Å². The molecule has 0 aromatic heterocycles. The van der Waals surface area contributed by atoms with Crippen LogP contribution in [-0.2, 0) is 14.3 Å². The number of carbonyl (C=O) groups excluding carboxylic acids is 1. The Labute approximate surface area is 127 Å². The van der Waals surface area contributed by atoms with Gasteiger partial charge in [0.25, 0.3) is 0 Å². The number of halogens is 1. The predicted octanol–water partition coefficient (Wildman–Crippen LogP) is 1.24. The first kappa shape index (κ1) is 17.7. The first-order chi connectivity index (χ1) is 9.10. The Hall–Kier alpha value is -0.360. The van der Waals surface area contributed by atoms with Crippen LogP contribution in [0.3, 0.4) is 0 Å². The van der Waals surface area contributed by atoms with Gasteiger partial charge in [-0.25, -0.2) is 0 Å². The van der Waals surface area contributed by atoms with Gasteiger partial charge in [0.1, 0.15) is 0 Å². The third-order valence-electron chi connectivity index (χ3n) is 4.71. The molecule has 1 amide bonds. The highest BCUT2D eigenvalue weighted by Gasteiger charge is 2.40. The van der Waals surface area contributed by atoms with E-state index in [1.807, 2.05) is 0 Å². The van der Waals surface area contributed by atoms with Crippen molar-refractivity contribution in [2.45, 2.75) is 44.1 Å². The van der Waals surface area contributed by atoms with Crippen LogP contribution in [0.25, 0.3) is 0 Å². The maximum absolute atomic E-state index is 12.3. The number of nitrogens with one attached hydrogen (secondary N) is 1. The molecule has 0 radical (unpaired) electrons. The largest absolute Gasteiger partial charge is 0.385 e. The van der Waals surface area contributed by atoms with Crippen LogP contribution in [0.2, 0.25) is 0 Å². The van der Waals surface area contributed by atoms with Crippen molar-refractivity contribution in [2.75, 3.05) is 33.5 Å². The van der Waals surface area contributed by atoms with Crippen molar-refractivity contribution in [2.24, 2.45) is 11.1 Å². The third kappa shape index (κ3) is 4.07. The Balaban J connectivity index is 0.00000200. The van der Waals surface area contributed by atoms with E-state index in [0.29, 0.717) is 26.1 Å². The predicted molar refractivity (Wildman–Crippen MR) is 80.0 cm³/mol. The monoisotopic (exact) mass is 306 g/mol. The lowest BCUT2D eigenvalue weighted by Gasteiger charge is -2.43. The number of amides is 1. The number of carbonyl (C=O) groups is 1. The van der Waals surface area contributed by atoms with Gasteiger partial charge in [0, 0.05) is 33.5 Å². The lowest BCUT2D eigenvalue weighted by molar-refractivity contribution is -0.130. The summed E-state index contributed by atoms with van der Waals surface area (Å²) in [5.41, 5.74) is 5.69. The van der Waals surface area contributed by atoms with Gasteiger partial charge >= 0.3 is 0 Å². The van der Waals surface area contributed by atoms with Crippen LogP contribution in [0.5, 0.6) is 0 Å². The molecule has 1 saturated heterocycles. The van der Waals surface area contributed by atoms with Crippen LogP contribution >= 0.6 is 12.4 Å². The number of nitrogens with two attached hydrogens (primary N) is 1. The molecule has 0 bridgehead atoms. The SMILES string of the molecule is COCCC1(CNC(=O)C2(N)CCOCC2)CCC1.Cl. The van der Waals surface area contributed by atoms with Crippen molar-refractivity contribution in [3.63, 3.8) is 0 Å². The molecule has 1 saturated carbocycles. The maximum atomic E-state index is 12.3. The van der Waals surface area contributed by atoms with E-state index in [1.165, 1.54) is 19.3 Å². The van der Waals surface area contributed by atoms with Crippen LogP contribution in [-0.4, -0.2) is 44.9 Å². The van der Waals surface area contributed by atoms with Gasteiger partial charge in [-0.15, -0.1) is 12.4 Å². The molecule has 1 heterocycles. The second-order valence-corrected chi connectivity index (χ2v) is 6.05. The molecule has 0 aromatic rings. The van der Waals surface area contributed by atoms with Crippen molar-refractivity contribution in [3.8, 4) is 0 Å². The summed E-state index contributed by atoms with van der Waals surface area (Å²) < 4.78 is 10.4. The van der Waals surface area contributed by atoms with Crippen molar-refractivity contribution >= 4 is 18.3 Å². The molecule has 20 heavy (non-hydrogen) atoms. The van der Waals surface area contributed by atoms with Gasteiger partial charge in [0.2, 0.25) is 5.91 Å². The van der Waals surface area contributed by atoms with Gasteiger partial charge in [-0.3, -0.25) is 4.79 Å². The van der Waals surface area contributed by atoms with E-state index in [-0.39, 0.29) is 23.7 Å². The highest BCUT2D eigenvalue weighted by atomic mass is 35.5. The Morgan fingerprint density at radius 2 is 1.95 bits per heavy atom. The van der Waals surface area contributed by atoms with Crippen LogP contribution in [0.15, 0.2) is 0 Å². The average molecular weight is 307 g/mol. The molecular formula is C14H27ClN2O3. The van der Waals surface area contributed by atoms with Crippen molar-refractivity contribution in [1.29, 1.82) is 0 Å². The van der Waals surface area contributed by atoms with E-state index in [1.54, 1.807) is 7.11 Å². The first-order valence-electron chi connectivity index (χ1n) is 7.24. The second kappa shape index (κ2) is 7.59. The molecule has 2 rings (SSSR count). The van der Waals surface area contributed by atoms with Crippen molar-refractivity contribution < 1.29 is 14.3 Å². The standard InChI is InChI=1S/C14H26N2O3.ClH/c1-18-8-5-13(3-2-4-13)11-16-12(17)14(15)6-9-19-10-7-14;/h2-11,15H2,1H3,(H,16,17);1H. The first-order valence-corrected chi connectivity index (χ1v) is 7.24. The molecule has 2 aliphatic rings. The van der Waals surface area contributed by atoms with E-state index >= 15 is 0 Å². The van der Waals surface area contributed by atoms with Crippen LogP contribution < -0.4 is 11.1 Å². The highest BCUT2D eigenvalue weighted by Crippen LogP contribution is 2.43. The van der Waals surface area contributed by atoms with Gasteiger partial charge in [-0.05, 0) is 37.5 Å². The quantitative estimate of drug-likeness (QED) is 0.774. The molecule has 2 fully saturated rings. The van der Waals surface area contributed by atoms with Crippen molar-refractivity contribution in [3.05, 3.63) is 0 Å². The lowest BCUT2D eigenvalue weighted by atomic mass is 9.66. The molecule has 6 heteroatoms. The molecule has 3 N–H and O–H groups in total. The Morgan fingerprint density at radius 1 is 1.30 bits per heavy atom. The van der Waals surface area contributed by atoms with E-state index < -0.39 is 5.54 Å². The Kier molecular flexibility index (Phi) is 6.72. The number of hydrogen-bond acceptors (Lipinski definition) is 4. The number of ether oxygens (including phenoxy) is 2. The third-order valence-corrected chi connectivity index (χ3v) is 4.71. The van der Waals surface area contributed by atoms with E-state index in [0.717, 1.165) is 19.6 Å². The molecule has 1 aliphatic carbocycles. The summed E-state index contributed by atoms with van der Waals surface area (Å²) in [6.45, 7) is 2.66. The molecule has 0 spiro atoms. The van der Waals surface area contributed by atoms with Gasteiger partial charge in [-0.1, -0.05) is 6.42 Å². The fourth-order valence-corrected chi connectivity index (χ4v) is 2.92. The van der Waals surface area contributed by atoms with Crippen LogP contribution in [0.1, 0.15) is 38.5 Å². The molecular weight excluding hydrogens is 280 g/mol. The highest BCUT2D eigenvalue weighted by molar-refractivity contribution is 5.86. The number of methoxy groups -OCH3 is 1. The van der Waals surface area contributed by atoms with E-state index in [4.69, 9.17) is 15.2 Å². The minimum atomic E-state index is -0.732. The summed E-state index contributed by atoms with van der Waals surface area (Å²) in [5, 5.41) is 3.07. The zero-order valence-corrected chi connectivity index (χ0v) is 13.1. The van der Waals surface area contributed by atoms with Crippen LogP contribution in [0, 0.1) is 5.41 Å². The normalized spacial score (nSPS) is 23.3. The molecule has 5 nitrogen and oxygen atoms in total. The summed E-state index contributed by atoms with van der Waals surface area (Å²) in [7, 11) is 1.72. The average Bonchev–Trinajstić information content (AvgIpc) is 2.37. The molecule has 1 aliphatic heterocycles. The van der Waals surface area contributed by atoms with Crippen molar-refractivity contribution in [1.82, 2.24) is 5.32 Å². The Morgan fingerprint density at radius 3 is 2.45 bits per heavy atom. The smallest absolute Gasteiger partial charge is 0.240 e.